The molecule has 0 aliphatic heterocycles. The molecule has 2 N–H and O–H groups in total. The lowest BCUT2D eigenvalue weighted by molar-refractivity contribution is 0.414. The molecule has 0 unspecified atom stereocenters. The van der Waals surface area contributed by atoms with Gasteiger partial charge in [0.1, 0.15) is 11.6 Å². The maximum absolute atomic E-state index is 5.51. The molecule has 5 heteroatoms. The Morgan fingerprint density at radius 3 is 2.84 bits per heavy atom. The molecule has 2 rings (SSSR count). The molecule has 1 aromatic heterocycles. The van der Waals surface area contributed by atoms with Crippen molar-refractivity contribution in [1.82, 2.24) is 14.8 Å². The molecule has 0 bridgehead atoms. The molecule has 0 amide bonds. The summed E-state index contributed by atoms with van der Waals surface area (Å²) in [7, 11) is 3.61. The van der Waals surface area contributed by atoms with Crippen molar-refractivity contribution in [2.75, 3.05) is 13.7 Å². The van der Waals surface area contributed by atoms with E-state index in [1.54, 1.807) is 7.11 Å². The molecule has 1 aromatic carbocycles. The Kier molecular flexibility index (Phi) is 4.52. The number of rotatable bonds is 6. The quantitative estimate of drug-likeness (QED) is 0.845. The van der Waals surface area contributed by atoms with Crippen molar-refractivity contribution in [3.05, 3.63) is 41.5 Å². The first-order chi connectivity index (χ1) is 9.22. The van der Waals surface area contributed by atoms with Crippen LogP contribution in [0.2, 0.25) is 0 Å². The Hall–Kier alpha value is -1.88. The highest BCUT2D eigenvalue weighted by Gasteiger charge is 2.07. The second kappa shape index (κ2) is 6.33. The van der Waals surface area contributed by atoms with Crippen molar-refractivity contribution < 1.29 is 4.74 Å². The summed E-state index contributed by atoms with van der Waals surface area (Å²) < 4.78 is 7.06. The fourth-order valence-corrected chi connectivity index (χ4v) is 2.01. The van der Waals surface area contributed by atoms with Crippen molar-refractivity contribution in [1.29, 1.82) is 0 Å². The number of aromatic nitrogens is 3. The highest BCUT2D eigenvalue weighted by Crippen LogP contribution is 2.14. The van der Waals surface area contributed by atoms with E-state index in [9.17, 15) is 0 Å². The van der Waals surface area contributed by atoms with Gasteiger partial charge < -0.3 is 10.5 Å². The van der Waals surface area contributed by atoms with E-state index in [2.05, 4.69) is 22.2 Å². The lowest BCUT2D eigenvalue weighted by Crippen LogP contribution is -2.04. The Bertz CT molecular complexity index is 536. The zero-order chi connectivity index (χ0) is 13.7. The highest BCUT2D eigenvalue weighted by molar-refractivity contribution is 5.28. The van der Waals surface area contributed by atoms with Crippen LogP contribution in [0.3, 0.4) is 0 Å². The average Bonchev–Trinajstić information content (AvgIpc) is 2.77. The predicted octanol–water partition coefficient (Wildman–Crippen LogP) is 1.11. The standard InChI is InChI=1S/C14H20N4O/c1-18-14(16-13(17-18)8-9-15)7-6-11-4-3-5-12(10-11)19-2/h3-5,10H,6-9,15H2,1-2H3. The number of benzene rings is 1. The van der Waals surface area contributed by atoms with E-state index in [1.807, 2.05) is 23.9 Å². The number of nitrogens with zero attached hydrogens (tertiary/aromatic N) is 3. The summed E-state index contributed by atoms with van der Waals surface area (Å²) in [6.07, 6.45) is 2.51. The van der Waals surface area contributed by atoms with Crippen molar-refractivity contribution >= 4 is 0 Å². The number of nitrogens with two attached hydrogens (primary N) is 1. The van der Waals surface area contributed by atoms with Gasteiger partial charge in [0.05, 0.1) is 7.11 Å². The summed E-state index contributed by atoms with van der Waals surface area (Å²) in [6, 6.07) is 8.10. The van der Waals surface area contributed by atoms with Gasteiger partial charge in [0, 0.05) is 19.9 Å². The van der Waals surface area contributed by atoms with E-state index in [0.717, 1.165) is 36.7 Å². The van der Waals surface area contributed by atoms with Gasteiger partial charge in [-0.05, 0) is 30.7 Å². The Morgan fingerprint density at radius 2 is 2.11 bits per heavy atom. The molecule has 0 fully saturated rings. The second-order valence-electron chi connectivity index (χ2n) is 4.46. The number of ether oxygens (including phenoxy) is 1. The molecule has 0 saturated heterocycles. The summed E-state index contributed by atoms with van der Waals surface area (Å²) in [4.78, 5) is 4.50. The van der Waals surface area contributed by atoms with E-state index in [4.69, 9.17) is 10.5 Å². The van der Waals surface area contributed by atoms with Crippen LogP contribution < -0.4 is 10.5 Å². The molecule has 2 aromatic rings. The van der Waals surface area contributed by atoms with Crippen LogP contribution in [-0.4, -0.2) is 28.4 Å². The first-order valence-corrected chi connectivity index (χ1v) is 6.44. The van der Waals surface area contributed by atoms with E-state index in [-0.39, 0.29) is 0 Å². The van der Waals surface area contributed by atoms with Crippen molar-refractivity contribution in [2.24, 2.45) is 12.8 Å². The molecule has 102 valence electrons. The van der Waals surface area contributed by atoms with Gasteiger partial charge in [-0.15, -0.1) is 0 Å². The predicted molar refractivity (Wildman–Crippen MR) is 74.2 cm³/mol. The van der Waals surface area contributed by atoms with Gasteiger partial charge in [-0.3, -0.25) is 4.68 Å². The molecule has 0 aliphatic carbocycles. The normalized spacial score (nSPS) is 10.7. The van der Waals surface area contributed by atoms with E-state index >= 15 is 0 Å². The lowest BCUT2D eigenvalue weighted by atomic mass is 10.1. The minimum atomic E-state index is 0.583. The van der Waals surface area contributed by atoms with Crippen LogP contribution >= 0.6 is 0 Å². The third-order valence-corrected chi connectivity index (χ3v) is 3.04. The summed E-state index contributed by atoms with van der Waals surface area (Å²) in [5.41, 5.74) is 6.75. The summed E-state index contributed by atoms with van der Waals surface area (Å²) in [5.74, 6) is 2.70. The van der Waals surface area contributed by atoms with Crippen LogP contribution in [0, 0.1) is 0 Å². The molecule has 19 heavy (non-hydrogen) atoms. The van der Waals surface area contributed by atoms with Gasteiger partial charge in [-0.25, -0.2) is 4.98 Å². The molecule has 0 aliphatic rings. The Morgan fingerprint density at radius 1 is 1.26 bits per heavy atom. The minimum absolute atomic E-state index is 0.583. The van der Waals surface area contributed by atoms with Crippen molar-refractivity contribution in [3.63, 3.8) is 0 Å². The van der Waals surface area contributed by atoms with Crippen molar-refractivity contribution in [3.8, 4) is 5.75 Å². The summed E-state index contributed by atoms with van der Waals surface area (Å²) in [5, 5.41) is 4.35. The first kappa shape index (κ1) is 13.5. The van der Waals surface area contributed by atoms with Gasteiger partial charge >= 0.3 is 0 Å². The topological polar surface area (TPSA) is 66.0 Å². The third-order valence-electron chi connectivity index (χ3n) is 3.04. The number of hydrogen-bond acceptors (Lipinski definition) is 4. The van der Waals surface area contributed by atoms with Gasteiger partial charge in [-0.1, -0.05) is 12.1 Å². The van der Waals surface area contributed by atoms with E-state index in [1.165, 1.54) is 5.56 Å². The third kappa shape index (κ3) is 3.54. The van der Waals surface area contributed by atoms with Gasteiger partial charge in [0.15, 0.2) is 5.82 Å². The molecular weight excluding hydrogens is 240 g/mol. The molecule has 1 heterocycles. The minimum Gasteiger partial charge on any atom is -0.497 e. The van der Waals surface area contributed by atoms with Crippen LogP contribution in [0.25, 0.3) is 0 Å². The van der Waals surface area contributed by atoms with Gasteiger partial charge in [0.25, 0.3) is 0 Å². The number of aryl methyl sites for hydroxylation is 3. The number of hydrogen-bond donors (Lipinski definition) is 1. The Labute approximate surface area is 113 Å². The largest absolute Gasteiger partial charge is 0.497 e. The fourth-order valence-electron chi connectivity index (χ4n) is 2.01. The molecule has 0 spiro atoms. The summed E-state index contributed by atoms with van der Waals surface area (Å²) in [6.45, 7) is 0.583. The molecule has 5 nitrogen and oxygen atoms in total. The molecular formula is C14H20N4O. The maximum Gasteiger partial charge on any atom is 0.152 e. The van der Waals surface area contributed by atoms with Crippen LogP contribution in [-0.2, 0) is 26.3 Å². The Balaban J connectivity index is 2.01. The van der Waals surface area contributed by atoms with Crippen molar-refractivity contribution in [2.45, 2.75) is 19.3 Å². The average molecular weight is 260 g/mol. The monoisotopic (exact) mass is 260 g/mol. The fraction of sp³-hybridized carbons (Fsp3) is 0.429. The van der Waals surface area contributed by atoms with E-state index < -0.39 is 0 Å². The van der Waals surface area contributed by atoms with Gasteiger partial charge in [-0.2, -0.15) is 5.10 Å². The highest BCUT2D eigenvalue weighted by atomic mass is 16.5. The SMILES string of the molecule is COc1cccc(CCc2nc(CCN)nn2C)c1. The maximum atomic E-state index is 5.51. The van der Waals surface area contributed by atoms with Crippen LogP contribution in [0.5, 0.6) is 5.75 Å². The molecule has 0 atom stereocenters. The number of methoxy groups -OCH3 is 1. The molecule has 0 saturated carbocycles. The zero-order valence-corrected chi connectivity index (χ0v) is 11.5. The lowest BCUT2D eigenvalue weighted by Gasteiger charge is -2.04. The smallest absolute Gasteiger partial charge is 0.152 e. The van der Waals surface area contributed by atoms with Gasteiger partial charge in [0.2, 0.25) is 0 Å². The van der Waals surface area contributed by atoms with Crippen LogP contribution in [0.15, 0.2) is 24.3 Å². The van der Waals surface area contributed by atoms with Crippen LogP contribution in [0.4, 0.5) is 0 Å². The zero-order valence-electron chi connectivity index (χ0n) is 11.5. The van der Waals surface area contributed by atoms with Crippen LogP contribution in [0.1, 0.15) is 17.2 Å². The second-order valence-corrected chi connectivity index (χ2v) is 4.46. The summed E-state index contributed by atoms with van der Waals surface area (Å²) >= 11 is 0. The first-order valence-electron chi connectivity index (χ1n) is 6.44. The molecule has 0 radical (unpaired) electrons. The van der Waals surface area contributed by atoms with E-state index in [0.29, 0.717) is 6.54 Å².